The predicted molar refractivity (Wildman–Crippen MR) is 75.8 cm³/mol. The zero-order valence-electron chi connectivity index (χ0n) is 12.9. The van der Waals surface area contributed by atoms with Crippen molar-refractivity contribution in [1.82, 2.24) is 0 Å². The molecule has 6 bridgehead atoms. The van der Waals surface area contributed by atoms with Gasteiger partial charge in [0.2, 0.25) is 0 Å². The van der Waals surface area contributed by atoms with E-state index in [0.29, 0.717) is 23.7 Å². The molecule has 9 atom stereocenters. The van der Waals surface area contributed by atoms with E-state index < -0.39 is 0 Å². The minimum atomic E-state index is -0.127. The van der Waals surface area contributed by atoms with Crippen molar-refractivity contribution in [3.05, 3.63) is 0 Å². The summed E-state index contributed by atoms with van der Waals surface area (Å²) >= 11 is 0. The maximum Gasteiger partial charge on any atom is 0.313 e. The largest absolute Gasteiger partial charge is 0.459 e. The maximum atomic E-state index is 13.0. The molecular weight excluding hydrogens is 248 g/mol. The Labute approximate surface area is 121 Å². The SMILES string of the molecule is CC1C2CC3C1C3(C(=O)OC1(C)CC3CCC1C3)C2C. The topological polar surface area (TPSA) is 26.3 Å². The standard InChI is InChI=1S/C18H26O2/c1-9-13-7-14-15(9)18(14,10(13)2)16(19)20-17(3)8-11-4-5-12(17)6-11/h9-15H,4-8H2,1-3H3. The van der Waals surface area contributed by atoms with Crippen LogP contribution < -0.4 is 0 Å². The molecule has 0 aromatic carbocycles. The van der Waals surface area contributed by atoms with Crippen LogP contribution in [0.2, 0.25) is 0 Å². The Balaban J connectivity index is 1.40. The minimum absolute atomic E-state index is 0.0467. The Morgan fingerprint density at radius 1 is 1.20 bits per heavy atom. The van der Waals surface area contributed by atoms with Crippen molar-refractivity contribution >= 4 is 5.97 Å². The summed E-state index contributed by atoms with van der Waals surface area (Å²) in [5, 5.41) is 0. The van der Waals surface area contributed by atoms with Gasteiger partial charge >= 0.3 is 5.97 Å². The molecule has 0 amide bonds. The first-order valence-electron chi connectivity index (χ1n) is 8.72. The highest BCUT2D eigenvalue weighted by atomic mass is 16.6. The van der Waals surface area contributed by atoms with E-state index in [0.717, 1.165) is 24.2 Å². The number of hydrogen-bond acceptors (Lipinski definition) is 2. The third kappa shape index (κ3) is 1.07. The second-order valence-corrected chi connectivity index (χ2v) is 8.89. The van der Waals surface area contributed by atoms with Crippen LogP contribution in [0.4, 0.5) is 0 Å². The summed E-state index contributed by atoms with van der Waals surface area (Å²) in [7, 11) is 0. The number of carbonyl (C=O) groups is 1. The normalized spacial score (nSPS) is 64.8. The average molecular weight is 274 g/mol. The molecule has 0 aliphatic heterocycles. The van der Waals surface area contributed by atoms with Crippen molar-refractivity contribution in [2.45, 2.75) is 58.5 Å². The molecule has 2 heteroatoms. The van der Waals surface area contributed by atoms with E-state index in [1.54, 1.807) is 0 Å². The number of esters is 1. The van der Waals surface area contributed by atoms with Crippen LogP contribution in [0, 0.1) is 46.8 Å². The van der Waals surface area contributed by atoms with E-state index in [9.17, 15) is 4.79 Å². The molecule has 0 radical (unpaired) electrons. The Morgan fingerprint density at radius 2 is 2.00 bits per heavy atom. The molecule has 6 saturated carbocycles. The molecule has 20 heavy (non-hydrogen) atoms. The lowest BCUT2D eigenvalue weighted by Gasteiger charge is -2.35. The zero-order chi connectivity index (χ0) is 13.9. The monoisotopic (exact) mass is 274 g/mol. The number of rotatable bonds is 2. The Kier molecular flexibility index (Phi) is 1.98. The number of ether oxygens (including phenoxy) is 1. The number of carbonyl (C=O) groups excluding carboxylic acids is 1. The van der Waals surface area contributed by atoms with E-state index in [1.165, 1.54) is 25.7 Å². The van der Waals surface area contributed by atoms with Crippen molar-refractivity contribution in [3.8, 4) is 0 Å². The second-order valence-electron chi connectivity index (χ2n) is 8.89. The fourth-order valence-corrected chi connectivity index (χ4v) is 7.54. The zero-order valence-corrected chi connectivity index (χ0v) is 12.9. The molecule has 0 spiro atoms. The fourth-order valence-electron chi connectivity index (χ4n) is 7.54. The molecule has 0 heterocycles. The van der Waals surface area contributed by atoms with Gasteiger partial charge in [-0.1, -0.05) is 13.8 Å². The van der Waals surface area contributed by atoms with Gasteiger partial charge in [0.15, 0.2) is 0 Å². The molecule has 0 aromatic rings. The number of fused-ring (bicyclic) bond motifs is 2. The van der Waals surface area contributed by atoms with Crippen LogP contribution >= 0.6 is 0 Å². The van der Waals surface area contributed by atoms with Gasteiger partial charge in [-0.25, -0.2) is 0 Å². The van der Waals surface area contributed by atoms with Gasteiger partial charge in [0, 0.05) is 0 Å². The van der Waals surface area contributed by atoms with Crippen LogP contribution in [0.1, 0.15) is 52.9 Å². The van der Waals surface area contributed by atoms with Gasteiger partial charge in [-0.3, -0.25) is 4.79 Å². The molecule has 6 fully saturated rings. The van der Waals surface area contributed by atoms with Crippen molar-refractivity contribution < 1.29 is 9.53 Å². The predicted octanol–water partition coefficient (Wildman–Crippen LogP) is 3.65. The second kappa shape index (κ2) is 3.28. The lowest BCUT2D eigenvalue weighted by Crippen LogP contribution is -2.40. The Bertz CT molecular complexity index is 496. The van der Waals surface area contributed by atoms with Crippen LogP contribution in [0.25, 0.3) is 0 Å². The minimum Gasteiger partial charge on any atom is -0.459 e. The summed E-state index contributed by atoms with van der Waals surface area (Å²) in [6, 6.07) is 0. The summed E-state index contributed by atoms with van der Waals surface area (Å²) in [6.07, 6.45) is 6.37. The van der Waals surface area contributed by atoms with E-state index in [2.05, 4.69) is 20.8 Å². The van der Waals surface area contributed by atoms with Gasteiger partial charge in [0.25, 0.3) is 0 Å². The smallest absolute Gasteiger partial charge is 0.313 e. The summed E-state index contributed by atoms with van der Waals surface area (Å²) in [5.74, 6) is 5.14. The third-order valence-electron chi connectivity index (χ3n) is 8.43. The molecule has 9 unspecified atom stereocenters. The van der Waals surface area contributed by atoms with Crippen molar-refractivity contribution in [2.24, 2.45) is 46.8 Å². The van der Waals surface area contributed by atoms with Gasteiger partial charge in [0.05, 0.1) is 5.41 Å². The third-order valence-corrected chi connectivity index (χ3v) is 8.43. The van der Waals surface area contributed by atoms with Crippen LogP contribution in [0.3, 0.4) is 0 Å². The van der Waals surface area contributed by atoms with Gasteiger partial charge in [-0.2, -0.15) is 0 Å². The van der Waals surface area contributed by atoms with E-state index >= 15 is 0 Å². The van der Waals surface area contributed by atoms with Crippen LogP contribution in [0.15, 0.2) is 0 Å². The van der Waals surface area contributed by atoms with Crippen molar-refractivity contribution in [1.29, 1.82) is 0 Å². The van der Waals surface area contributed by atoms with Crippen molar-refractivity contribution in [3.63, 3.8) is 0 Å². The quantitative estimate of drug-likeness (QED) is 0.719. The van der Waals surface area contributed by atoms with Gasteiger partial charge < -0.3 is 4.74 Å². The van der Waals surface area contributed by atoms with Crippen LogP contribution in [-0.2, 0) is 9.53 Å². The molecule has 6 aliphatic rings. The Morgan fingerprint density at radius 3 is 2.45 bits per heavy atom. The molecule has 0 N–H and O–H groups in total. The summed E-state index contributed by atoms with van der Waals surface area (Å²) in [5.41, 5.74) is -0.174. The summed E-state index contributed by atoms with van der Waals surface area (Å²) in [6.45, 7) is 6.90. The summed E-state index contributed by atoms with van der Waals surface area (Å²) in [4.78, 5) is 13.0. The van der Waals surface area contributed by atoms with Crippen LogP contribution in [-0.4, -0.2) is 11.6 Å². The first-order chi connectivity index (χ1) is 9.48. The molecule has 0 saturated heterocycles. The first-order valence-corrected chi connectivity index (χ1v) is 8.72. The van der Waals surface area contributed by atoms with Gasteiger partial charge in [0.1, 0.15) is 5.60 Å². The molecule has 0 aromatic heterocycles. The molecular formula is C18H26O2. The highest BCUT2D eigenvalue weighted by Crippen LogP contribution is 2.84. The highest BCUT2D eigenvalue weighted by Gasteiger charge is 2.85. The van der Waals surface area contributed by atoms with E-state index in [1.807, 2.05) is 0 Å². The molecule has 6 aliphatic carbocycles. The first kappa shape index (κ1) is 12.1. The van der Waals surface area contributed by atoms with Gasteiger partial charge in [-0.15, -0.1) is 0 Å². The van der Waals surface area contributed by atoms with E-state index in [-0.39, 0.29) is 17.0 Å². The van der Waals surface area contributed by atoms with Crippen LogP contribution in [0.5, 0.6) is 0 Å². The molecule has 110 valence electrons. The average Bonchev–Trinajstić information content (AvgIpc) is 2.85. The van der Waals surface area contributed by atoms with E-state index in [4.69, 9.17) is 4.74 Å². The molecule has 2 nitrogen and oxygen atoms in total. The van der Waals surface area contributed by atoms with Crippen molar-refractivity contribution in [2.75, 3.05) is 0 Å². The Hall–Kier alpha value is -0.530. The highest BCUT2D eigenvalue weighted by molar-refractivity contribution is 5.84. The maximum absolute atomic E-state index is 13.0. The number of hydrogen-bond donors (Lipinski definition) is 0. The van der Waals surface area contributed by atoms with Gasteiger partial charge in [-0.05, 0) is 80.5 Å². The lowest BCUT2D eigenvalue weighted by molar-refractivity contribution is -0.172. The summed E-state index contributed by atoms with van der Waals surface area (Å²) < 4.78 is 6.24. The molecule has 6 rings (SSSR count). The fraction of sp³-hybridized carbons (Fsp3) is 0.944. The lowest BCUT2D eigenvalue weighted by atomic mass is 9.85.